The van der Waals surface area contributed by atoms with E-state index in [0.29, 0.717) is 34.8 Å². The number of carbonyl (C=O) groups excluding carboxylic acids is 1. The number of hydrogen-bond acceptors (Lipinski definition) is 7. The minimum atomic E-state index is -0.541. The number of benzene rings is 2. The molecule has 1 amide bonds. The second-order valence-electron chi connectivity index (χ2n) is 8.75. The lowest BCUT2D eigenvalue weighted by Crippen LogP contribution is -2.46. The Morgan fingerprint density at radius 2 is 1.60 bits per heavy atom. The third-order valence-corrected chi connectivity index (χ3v) is 6.24. The maximum absolute atomic E-state index is 12.4. The van der Waals surface area contributed by atoms with Gasteiger partial charge in [-0.05, 0) is 35.8 Å². The fourth-order valence-corrected chi connectivity index (χ4v) is 4.41. The molecule has 2 aromatic carbocycles. The van der Waals surface area contributed by atoms with Gasteiger partial charge in [0.1, 0.15) is 23.7 Å². The van der Waals surface area contributed by atoms with Gasteiger partial charge in [0, 0.05) is 29.6 Å². The fraction of sp³-hybridized carbons (Fsp3) is 0.440. The van der Waals surface area contributed by atoms with Crippen molar-refractivity contribution in [3.8, 4) is 11.5 Å². The maximum atomic E-state index is 12.4. The SMILES string of the molecule is COc1cc(NC(=S)NC2COC3C(OC(=O)Nc4ccc(C(C)C)cc4)COC23)cc(OC)c1. The summed E-state index contributed by atoms with van der Waals surface area (Å²) in [6.07, 6.45) is -1.72. The van der Waals surface area contributed by atoms with Crippen LogP contribution in [0, 0.1) is 0 Å². The molecule has 2 fully saturated rings. The lowest BCUT2D eigenvalue weighted by Gasteiger charge is -2.20. The number of hydrogen-bond donors (Lipinski definition) is 3. The van der Waals surface area contributed by atoms with Crippen molar-refractivity contribution in [3.63, 3.8) is 0 Å². The highest BCUT2D eigenvalue weighted by atomic mass is 32.1. The van der Waals surface area contributed by atoms with Crippen molar-refractivity contribution < 1.29 is 28.5 Å². The van der Waals surface area contributed by atoms with Gasteiger partial charge in [-0.3, -0.25) is 5.32 Å². The van der Waals surface area contributed by atoms with Gasteiger partial charge >= 0.3 is 6.09 Å². The summed E-state index contributed by atoms with van der Waals surface area (Å²) in [6, 6.07) is 12.9. The van der Waals surface area contributed by atoms with Crippen molar-refractivity contribution in [1.82, 2.24) is 5.32 Å². The zero-order chi connectivity index (χ0) is 24.9. The van der Waals surface area contributed by atoms with Crippen LogP contribution >= 0.6 is 12.2 Å². The Morgan fingerprint density at radius 3 is 2.23 bits per heavy atom. The summed E-state index contributed by atoms with van der Waals surface area (Å²) in [5.74, 6) is 1.71. The molecule has 2 heterocycles. The van der Waals surface area contributed by atoms with Crippen LogP contribution in [0.15, 0.2) is 42.5 Å². The summed E-state index contributed by atoms with van der Waals surface area (Å²) >= 11 is 5.48. The van der Waals surface area contributed by atoms with Crippen molar-refractivity contribution in [2.24, 2.45) is 0 Å². The quantitative estimate of drug-likeness (QED) is 0.488. The number of thiocarbonyl (C=S) groups is 1. The van der Waals surface area contributed by atoms with Crippen LogP contribution in [0.25, 0.3) is 0 Å². The molecule has 0 saturated carbocycles. The minimum absolute atomic E-state index is 0.187. The van der Waals surface area contributed by atoms with E-state index in [4.69, 9.17) is 35.9 Å². The van der Waals surface area contributed by atoms with Crippen LogP contribution in [-0.2, 0) is 14.2 Å². The van der Waals surface area contributed by atoms with Crippen molar-refractivity contribution in [1.29, 1.82) is 0 Å². The van der Waals surface area contributed by atoms with Crippen LogP contribution in [0.5, 0.6) is 11.5 Å². The first kappa shape index (κ1) is 25.0. The number of fused-ring (bicyclic) bond motifs is 1. The Labute approximate surface area is 210 Å². The van der Waals surface area contributed by atoms with E-state index in [0.717, 1.165) is 5.69 Å². The zero-order valence-corrected chi connectivity index (χ0v) is 21.0. The van der Waals surface area contributed by atoms with E-state index in [1.807, 2.05) is 36.4 Å². The van der Waals surface area contributed by atoms with Crippen LogP contribution in [-0.4, -0.2) is 63.0 Å². The molecule has 2 aliphatic heterocycles. The van der Waals surface area contributed by atoms with E-state index in [2.05, 4.69) is 29.8 Å². The highest BCUT2D eigenvalue weighted by Crippen LogP contribution is 2.30. The molecule has 0 bridgehead atoms. The number of carbonyl (C=O) groups is 1. The van der Waals surface area contributed by atoms with Gasteiger partial charge in [0.05, 0.1) is 33.5 Å². The number of anilines is 2. The molecule has 4 atom stereocenters. The van der Waals surface area contributed by atoms with E-state index in [9.17, 15) is 4.79 Å². The van der Waals surface area contributed by atoms with E-state index >= 15 is 0 Å². The number of ether oxygens (including phenoxy) is 5. The standard InChI is InChI=1S/C25H31N3O6S/c1-14(2)15-5-7-16(8-6-15)27-25(29)34-21-13-33-22-20(12-32-23(21)22)28-24(35)26-17-9-18(30-3)11-19(10-17)31-4/h5-11,14,20-23H,12-13H2,1-4H3,(H,27,29)(H2,26,28,35). The Kier molecular flexibility index (Phi) is 7.94. The summed E-state index contributed by atoms with van der Waals surface area (Å²) in [5.41, 5.74) is 2.60. The van der Waals surface area contributed by atoms with Crippen molar-refractivity contribution in [3.05, 3.63) is 48.0 Å². The molecule has 10 heteroatoms. The number of methoxy groups -OCH3 is 2. The summed E-state index contributed by atoms with van der Waals surface area (Å²) in [7, 11) is 3.17. The molecule has 2 aromatic rings. The Hall–Kier alpha value is -3.08. The monoisotopic (exact) mass is 501 g/mol. The molecule has 188 valence electrons. The first-order valence-corrected chi connectivity index (χ1v) is 11.9. The van der Waals surface area contributed by atoms with Gasteiger partial charge in [0.25, 0.3) is 0 Å². The smallest absolute Gasteiger partial charge is 0.412 e. The molecule has 4 rings (SSSR count). The molecule has 35 heavy (non-hydrogen) atoms. The first-order valence-electron chi connectivity index (χ1n) is 11.5. The van der Waals surface area contributed by atoms with Gasteiger partial charge in [-0.15, -0.1) is 0 Å². The highest BCUT2D eigenvalue weighted by Gasteiger charge is 2.49. The number of amides is 1. The third kappa shape index (κ3) is 6.14. The van der Waals surface area contributed by atoms with Gasteiger partial charge in [0.15, 0.2) is 11.2 Å². The molecule has 0 aromatic heterocycles. The molecule has 4 unspecified atom stereocenters. The van der Waals surface area contributed by atoms with Crippen molar-refractivity contribution in [2.45, 2.75) is 44.1 Å². The van der Waals surface area contributed by atoms with E-state index in [-0.39, 0.29) is 24.9 Å². The summed E-state index contributed by atoms with van der Waals surface area (Å²) < 4.78 is 28.0. The largest absolute Gasteiger partial charge is 0.497 e. The molecule has 0 aliphatic carbocycles. The van der Waals surface area contributed by atoms with Gasteiger partial charge in [-0.1, -0.05) is 26.0 Å². The lowest BCUT2D eigenvalue weighted by atomic mass is 10.0. The molecule has 0 spiro atoms. The molecule has 2 aliphatic rings. The second kappa shape index (κ2) is 11.1. The molecular weight excluding hydrogens is 470 g/mol. The van der Waals surface area contributed by atoms with Gasteiger partial charge in [-0.2, -0.15) is 0 Å². The average molecular weight is 502 g/mol. The predicted octanol–water partition coefficient (Wildman–Crippen LogP) is 3.90. The Balaban J connectivity index is 1.28. The number of nitrogens with one attached hydrogen (secondary N) is 3. The van der Waals surface area contributed by atoms with E-state index < -0.39 is 12.2 Å². The fourth-order valence-electron chi connectivity index (χ4n) is 4.14. The minimum Gasteiger partial charge on any atom is -0.497 e. The van der Waals surface area contributed by atoms with Crippen LogP contribution in [0.1, 0.15) is 25.3 Å². The van der Waals surface area contributed by atoms with Crippen molar-refractivity contribution >= 4 is 34.8 Å². The topological polar surface area (TPSA) is 99.3 Å². The number of rotatable bonds is 7. The summed E-state index contributed by atoms with van der Waals surface area (Å²) in [5, 5.41) is 9.54. The summed E-state index contributed by atoms with van der Waals surface area (Å²) in [4.78, 5) is 12.4. The molecular formula is C25H31N3O6S. The van der Waals surface area contributed by atoms with Crippen LogP contribution in [0.2, 0.25) is 0 Å². The van der Waals surface area contributed by atoms with E-state index in [1.54, 1.807) is 20.3 Å². The van der Waals surface area contributed by atoms with Gasteiger partial charge < -0.3 is 34.3 Å². The third-order valence-electron chi connectivity index (χ3n) is 6.02. The van der Waals surface area contributed by atoms with Gasteiger partial charge in [0.2, 0.25) is 0 Å². The Morgan fingerprint density at radius 1 is 0.943 bits per heavy atom. The van der Waals surface area contributed by atoms with Crippen molar-refractivity contribution in [2.75, 3.05) is 38.1 Å². The lowest BCUT2D eigenvalue weighted by molar-refractivity contribution is 0.00880. The molecule has 9 nitrogen and oxygen atoms in total. The Bertz CT molecular complexity index is 1030. The first-order chi connectivity index (χ1) is 16.9. The molecule has 2 saturated heterocycles. The molecule has 3 N–H and O–H groups in total. The van der Waals surface area contributed by atoms with Crippen LogP contribution in [0.4, 0.5) is 16.2 Å². The predicted molar refractivity (Wildman–Crippen MR) is 137 cm³/mol. The summed E-state index contributed by atoms with van der Waals surface area (Å²) in [6.45, 7) is 4.86. The molecule has 0 radical (unpaired) electrons. The van der Waals surface area contributed by atoms with E-state index in [1.165, 1.54) is 5.56 Å². The van der Waals surface area contributed by atoms with Crippen LogP contribution < -0.4 is 25.4 Å². The second-order valence-corrected chi connectivity index (χ2v) is 9.16. The van der Waals surface area contributed by atoms with Gasteiger partial charge in [-0.25, -0.2) is 4.79 Å². The maximum Gasteiger partial charge on any atom is 0.412 e. The normalized spacial score (nSPS) is 22.9. The highest BCUT2D eigenvalue weighted by molar-refractivity contribution is 7.80. The zero-order valence-electron chi connectivity index (χ0n) is 20.2. The van der Waals surface area contributed by atoms with Crippen LogP contribution in [0.3, 0.4) is 0 Å². The average Bonchev–Trinajstić information content (AvgIpc) is 3.42.